The molecule has 0 amide bonds. The maximum Gasteiger partial charge on any atom is 0.308 e. The largest absolute Gasteiger partial charge is 0.469 e. The van der Waals surface area contributed by atoms with Gasteiger partial charge in [-0.15, -0.1) is 0 Å². The number of ether oxygens (including phenoxy) is 1. The second kappa shape index (κ2) is 4.45. The highest BCUT2D eigenvalue weighted by atomic mass is 16.5. The number of hydrogen-bond acceptors (Lipinski definition) is 3. The van der Waals surface area contributed by atoms with Crippen molar-refractivity contribution in [2.45, 2.75) is 25.7 Å². The fourth-order valence-electron chi connectivity index (χ4n) is 1.71. The number of hydrogen-bond donors (Lipinski definition) is 1. The molecule has 0 unspecified atom stereocenters. The molecule has 0 heterocycles. The van der Waals surface area contributed by atoms with Crippen molar-refractivity contribution in [1.29, 1.82) is 0 Å². The molecule has 1 aliphatic rings. The lowest BCUT2D eigenvalue weighted by atomic mass is 9.73. The maximum atomic E-state index is 10.9. The first kappa shape index (κ1) is 9.52. The summed E-state index contributed by atoms with van der Waals surface area (Å²) in [7, 11) is 1.43. The third kappa shape index (κ3) is 2.21. The molecule has 1 aliphatic carbocycles. The smallest absolute Gasteiger partial charge is 0.308 e. The Morgan fingerprint density at radius 1 is 1.58 bits per heavy atom. The van der Waals surface area contributed by atoms with Crippen LogP contribution in [0.3, 0.4) is 0 Å². The fraction of sp³-hybridized carbons (Fsp3) is 0.889. The van der Waals surface area contributed by atoms with Gasteiger partial charge in [-0.05, 0) is 31.6 Å². The number of aliphatic hydroxyl groups excluding tert-OH is 1. The van der Waals surface area contributed by atoms with Crippen molar-refractivity contribution in [2.75, 3.05) is 13.7 Å². The van der Waals surface area contributed by atoms with Gasteiger partial charge in [0.15, 0.2) is 0 Å². The lowest BCUT2D eigenvalue weighted by Crippen LogP contribution is -2.31. The summed E-state index contributed by atoms with van der Waals surface area (Å²) >= 11 is 0. The van der Waals surface area contributed by atoms with E-state index in [1.165, 1.54) is 7.11 Å². The van der Waals surface area contributed by atoms with Gasteiger partial charge in [-0.1, -0.05) is 0 Å². The molecule has 1 saturated carbocycles. The summed E-state index contributed by atoms with van der Waals surface area (Å²) < 4.78 is 4.62. The summed E-state index contributed by atoms with van der Waals surface area (Å²) in [5, 5.41) is 8.56. The molecule has 0 aliphatic heterocycles. The Bertz CT molecular complexity index is 150. The SMILES string of the molecule is COC(=O)C1CC(CCCO)C1. The quantitative estimate of drug-likeness (QED) is 0.642. The van der Waals surface area contributed by atoms with E-state index in [4.69, 9.17) is 5.11 Å². The van der Waals surface area contributed by atoms with Crippen LogP contribution in [-0.4, -0.2) is 24.8 Å². The van der Waals surface area contributed by atoms with Gasteiger partial charge in [0.2, 0.25) is 0 Å². The van der Waals surface area contributed by atoms with Gasteiger partial charge < -0.3 is 9.84 Å². The van der Waals surface area contributed by atoms with Crippen LogP contribution >= 0.6 is 0 Å². The molecule has 1 rings (SSSR count). The van der Waals surface area contributed by atoms with Gasteiger partial charge in [0, 0.05) is 6.61 Å². The highest BCUT2D eigenvalue weighted by Gasteiger charge is 2.34. The van der Waals surface area contributed by atoms with E-state index in [0.29, 0.717) is 5.92 Å². The molecule has 70 valence electrons. The van der Waals surface area contributed by atoms with Crippen LogP contribution in [0, 0.1) is 11.8 Å². The monoisotopic (exact) mass is 172 g/mol. The molecular weight excluding hydrogens is 156 g/mol. The van der Waals surface area contributed by atoms with Crippen molar-refractivity contribution in [3.8, 4) is 0 Å². The Labute approximate surface area is 72.7 Å². The van der Waals surface area contributed by atoms with Gasteiger partial charge in [0.1, 0.15) is 0 Å². The summed E-state index contributed by atoms with van der Waals surface area (Å²) in [5.41, 5.74) is 0. The zero-order valence-corrected chi connectivity index (χ0v) is 7.45. The molecule has 0 spiro atoms. The molecule has 1 fully saturated rings. The fourth-order valence-corrected chi connectivity index (χ4v) is 1.71. The Morgan fingerprint density at radius 2 is 2.25 bits per heavy atom. The molecule has 0 atom stereocenters. The van der Waals surface area contributed by atoms with E-state index in [1.807, 2.05) is 0 Å². The van der Waals surface area contributed by atoms with Crippen LogP contribution in [0.1, 0.15) is 25.7 Å². The average molecular weight is 172 g/mol. The minimum absolute atomic E-state index is 0.0738. The molecule has 0 saturated heterocycles. The Morgan fingerprint density at radius 3 is 2.75 bits per heavy atom. The number of rotatable bonds is 4. The highest BCUT2D eigenvalue weighted by Crippen LogP contribution is 2.37. The zero-order valence-electron chi connectivity index (χ0n) is 7.45. The van der Waals surface area contributed by atoms with Gasteiger partial charge in [-0.25, -0.2) is 0 Å². The minimum Gasteiger partial charge on any atom is -0.469 e. The molecule has 0 bridgehead atoms. The van der Waals surface area contributed by atoms with Crippen molar-refractivity contribution in [3.63, 3.8) is 0 Å². The molecule has 1 N–H and O–H groups in total. The summed E-state index contributed by atoms with van der Waals surface area (Å²) in [6.07, 6.45) is 3.81. The van der Waals surface area contributed by atoms with E-state index in [0.717, 1.165) is 25.7 Å². The van der Waals surface area contributed by atoms with Gasteiger partial charge >= 0.3 is 5.97 Å². The van der Waals surface area contributed by atoms with Crippen molar-refractivity contribution >= 4 is 5.97 Å². The Kier molecular flexibility index (Phi) is 3.53. The molecule has 0 aromatic rings. The number of aliphatic hydroxyl groups is 1. The topological polar surface area (TPSA) is 46.5 Å². The van der Waals surface area contributed by atoms with E-state index in [9.17, 15) is 4.79 Å². The summed E-state index contributed by atoms with van der Waals surface area (Å²) in [5.74, 6) is 0.704. The standard InChI is InChI=1S/C9H16O3/c1-12-9(11)8-5-7(6-8)3-2-4-10/h7-8,10H,2-6H2,1H3. The third-order valence-electron chi connectivity index (χ3n) is 2.54. The summed E-state index contributed by atoms with van der Waals surface area (Å²) in [4.78, 5) is 10.9. The lowest BCUT2D eigenvalue weighted by Gasteiger charge is -2.33. The lowest BCUT2D eigenvalue weighted by molar-refractivity contribution is -0.150. The van der Waals surface area contributed by atoms with E-state index in [-0.39, 0.29) is 18.5 Å². The highest BCUT2D eigenvalue weighted by molar-refractivity contribution is 5.73. The third-order valence-corrected chi connectivity index (χ3v) is 2.54. The molecular formula is C9H16O3. The van der Waals surface area contributed by atoms with Crippen molar-refractivity contribution in [1.82, 2.24) is 0 Å². The Balaban J connectivity index is 2.07. The van der Waals surface area contributed by atoms with Crippen LogP contribution in [0.4, 0.5) is 0 Å². The van der Waals surface area contributed by atoms with Gasteiger partial charge in [0.05, 0.1) is 13.0 Å². The summed E-state index contributed by atoms with van der Waals surface area (Å²) in [6, 6.07) is 0. The predicted molar refractivity (Wildman–Crippen MR) is 44.5 cm³/mol. The van der Waals surface area contributed by atoms with Crippen molar-refractivity contribution < 1.29 is 14.6 Å². The zero-order chi connectivity index (χ0) is 8.97. The van der Waals surface area contributed by atoms with E-state index < -0.39 is 0 Å². The molecule has 3 nitrogen and oxygen atoms in total. The number of methoxy groups -OCH3 is 1. The van der Waals surface area contributed by atoms with Gasteiger partial charge in [0.25, 0.3) is 0 Å². The first-order valence-electron chi connectivity index (χ1n) is 4.46. The minimum atomic E-state index is -0.0738. The van der Waals surface area contributed by atoms with Gasteiger partial charge in [-0.3, -0.25) is 4.79 Å². The van der Waals surface area contributed by atoms with E-state index >= 15 is 0 Å². The van der Waals surface area contributed by atoms with Crippen LogP contribution in [-0.2, 0) is 9.53 Å². The van der Waals surface area contributed by atoms with E-state index in [2.05, 4.69) is 4.74 Å². The molecule has 12 heavy (non-hydrogen) atoms. The number of esters is 1. The number of carbonyl (C=O) groups is 1. The second-order valence-corrected chi connectivity index (χ2v) is 3.42. The normalized spacial score (nSPS) is 27.8. The van der Waals surface area contributed by atoms with Crippen LogP contribution in [0.25, 0.3) is 0 Å². The second-order valence-electron chi connectivity index (χ2n) is 3.42. The van der Waals surface area contributed by atoms with Gasteiger partial charge in [-0.2, -0.15) is 0 Å². The Hall–Kier alpha value is -0.570. The molecule has 3 heteroatoms. The number of carbonyl (C=O) groups excluding carboxylic acids is 1. The van der Waals surface area contributed by atoms with Crippen molar-refractivity contribution in [2.24, 2.45) is 11.8 Å². The molecule has 0 radical (unpaired) electrons. The van der Waals surface area contributed by atoms with E-state index in [1.54, 1.807) is 0 Å². The summed E-state index contributed by atoms with van der Waals surface area (Å²) in [6.45, 7) is 0.263. The first-order chi connectivity index (χ1) is 5.77. The van der Waals surface area contributed by atoms with Crippen LogP contribution in [0.15, 0.2) is 0 Å². The predicted octanol–water partition coefficient (Wildman–Crippen LogP) is 0.958. The average Bonchev–Trinajstić information content (AvgIpc) is 2.01. The van der Waals surface area contributed by atoms with Crippen LogP contribution in [0.5, 0.6) is 0 Å². The van der Waals surface area contributed by atoms with Crippen molar-refractivity contribution in [3.05, 3.63) is 0 Å². The first-order valence-corrected chi connectivity index (χ1v) is 4.46. The maximum absolute atomic E-state index is 10.9. The molecule has 0 aromatic heterocycles. The van der Waals surface area contributed by atoms with Crippen LogP contribution < -0.4 is 0 Å². The molecule has 0 aromatic carbocycles. The van der Waals surface area contributed by atoms with Crippen LogP contribution in [0.2, 0.25) is 0 Å².